The molecule has 0 bridgehead atoms. The largest absolute Gasteiger partial charge is 0.394 e. The van der Waals surface area contributed by atoms with Gasteiger partial charge in [-0.25, -0.2) is 15.0 Å². The minimum absolute atomic E-state index is 0.0117. The second-order valence-corrected chi connectivity index (χ2v) is 4.94. The molecule has 2 aromatic heterocycles. The van der Waals surface area contributed by atoms with Crippen LogP contribution in [0.1, 0.15) is 26.2 Å². The van der Waals surface area contributed by atoms with Gasteiger partial charge in [-0.1, -0.05) is 6.92 Å². The summed E-state index contributed by atoms with van der Waals surface area (Å²) in [7, 11) is 0. The maximum Gasteiger partial charge on any atom is 0.225 e. The molecular weight excluding hydrogens is 274 g/mol. The topological polar surface area (TPSA) is 94.3 Å². The average Bonchev–Trinajstić information content (AvgIpc) is 3.13. The molecule has 2 atom stereocenters. The van der Waals surface area contributed by atoms with E-state index in [1.807, 2.05) is 0 Å². The zero-order chi connectivity index (χ0) is 14.7. The molecule has 0 aliphatic carbocycles. The number of aliphatic hydroxyl groups excluding tert-OH is 1. The summed E-state index contributed by atoms with van der Waals surface area (Å²) in [5.41, 5.74) is 1.27. The van der Waals surface area contributed by atoms with E-state index in [0.717, 1.165) is 25.8 Å². The quantitative estimate of drug-likeness (QED) is 0.804. The number of hydrogen-bond donors (Lipinski definition) is 2. The maximum atomic E-state index is 9.07. The van der Waals surface area contributed by atoms with E-state index in [1.54, 1.807) is 6.33 Å². The Bertz CT molecular complexity index is 603. The van der Waals surface area contributed by atoms with E-state index < -0.39 is 0 Å². The van der Waals surface area contributed by atoms with Gasteiger partial charge >= 0.3 is 0 Å². The van der Waals surface area contributed by atoms with Crippen LogP contribution in [-0.4, -0.2) is 50.3 Å². The van der Waals surface area contributed by atoms with Crippen molar-refractivity contribution < 1.29 is 14.7 Å². The van der Waals surface area contributed by atoms with Crippen molar-refractivity contribution in [1.82, 2.24) is 19.7 Å². The molecule has 21 heavy (non-hydrogen) atoms. The lowest BCUT2D eigenvalue weighted by Crippen LogP contribution is -2.26. The Morgan fingerprint density at radius 1 is 1.43 bits per heavy atom. The molecular formula is C13H19N5O3. The van der Waals surface area contributed by atoms with Crippen LogP contribution in [0.15, 0.2) is 12.7 Å². The Morgan fingerprint density at radius 2 is 2.33 bits per heavy atom. The first-order chi connectivity index (χ1) is 10.3. The molecule has 0 aromatic carbocycles. The van der Waals surface area contributed by atoms with Crippen LogP contribution < -0.4 is 10.2 Å². The minimum Gasteiger partial charge on any atom is -0.394 e. The Morgan fingerprint density at radius 3 is 3.10 bits per heavy atom. The predicted octanol–water partition coefficient (Wildman–Crippen LogP) is 0.574. The molecule has 8 heteroatoms. The molecule has 1 saturated heterocycles. The molecule has 1 aliphatic heterocycles. The van der Waals surface area contributed by atoms with Gasteiger partial charge < -0.3 is 20.0 Å². The zero-order valence-corrected chi connectivity index (χ0v) is 11.9. The van der Waals surface area contributed by atoms with Crippen molar-refractivity contribution in [3.8, 4) is 0 Å². The lowest BCUT2D eigenvalue weighted by atomic mass is 10.2. The summed E-state index contributed by atoms with van der Waals surface area (Å²) in [6.07, 6.45) is 5.02. The van der Waals surface area contributed by atoms with Crippen molar-refractivity contribution in [1.29, 1.82) is 0 Å². The molecule has 0 saturated carbocycles. The fourth-order valence-electron chi connectivity index (χ4n) is 2.28. The molecule has 114 valence electrons. The second kappa shape index (κ2) is 6.23. The van der Waals surface area contributed by atoms with E-state index in [2.05, 4.69) is 27.2 Å². The van der Waals surface area contributed by atoms with Crippen molar-refractivity contribution in [2.75, 3.05) is 18.5 Å². The van der Waals surface area contributed by atoms with E-state index in [-0.39, 0.29) is 19.0 Å². The highest BCUT2D eigenvalue weighted by atomic mass is 16.8. The Hall–Kier alpha value is -1.93. The van der Waals surface area contributed by atoms with Gasteiger partial charge in [-0.15, -0.1) is 4.73 Å². The van der Waals surface area contributed by atoms with Gasteiger partial charge in [-0.3, -0.25) is 0 Å². The molecule has 1 aliphatic rings. The van der Waals surface area contributed by atoms with Crippen LogP contribution in [0.3, 0.4) is 0 Å². The summed E-state index contributed by atoms with van der Waals surface area (Å²) in [4.78, 5) is 18.4. The van der Waals surface area contributed by atoms with Crippen LogP contribution in [0.5, 0.6) is 0 Å². The normalized spacial score (nSPS) is 21.8. The Balaban J connectivity index is 1.77. The molecule has 0 spiro atoms. The highest BCUT2D eigenvalue weighted by molar-refractivity contribution is 5.82. The lowest BCUT2D eigenvalue weighted by molar-refractivity contribution is -0.140. The number of anilines is 1. The molecule has 8 nitrogen and oxygen atoms in total. The van der Waals surface area contributed by atoms with Crippen molar-refractivity contribution in [3.05, 3.63) is 12.7 Å². The van der Waals surface area contributed by atoms with Crippen molar-refractivity contribution in [2.45, 2.75) is 38.6 Å². The van der Waals surface area contributed by atoms with Gasteiger partial charge in [0.2, 0.25) is 11.9 Å². The first-order valence-corrected chi connectivity index (χ1v) is 7.17. The molecule has 3 heterocycles. The first-order valence-electron chi connectivity index (χ1n) is 7.17. The standard InChI is InChI=1S/C13H19N5O3/c1-2-5-14-12-11-13(16-7-15-12)18(8-17-11)21-10-4-3-9(6-19)20-10/h7-10,19H,2-6H2,1H3,(H,14,15,16)/t9-,10+/m0/s1. The van der Waals surface area contributed by atoms with Crippen LogP contribution in [0.25, 0.3) is 11.2 Å². The van der Waals surface area contributed by atoms with Crippen LogP contribution in [0.4, 0.5) is 5.82 Å². The summed E-state index contributed by atoms with van der Waals surface area (Å²) >= 11 is 0. The van der Waals surface area contributed by atoms with Crippen LogP contribution in [-0.2, 0) is 4.74 Å². The predicted molar refractivity (Wildman–Crippen MR) is 75.7 cm³/mol. The number of nitrogens with one attached hydrogen (secondary N) is 1. The summed E-state index contributed by atoms with van der Waals surface area (Å²) in [5.74, 6) is 0.699. The second-order valence-electron chi connectivity index (χ2n) is 4.94. The van der Waals surface area contributed by atoms with E-state index >= 15 is 0 Å². The van der Waals surface area contributed by atoms with Crippen molar-refractivity contribution in [2.24, 2.45) is 0 Å². The maximum absolute atomic E-state index is 9.07. The number of imidazole rings is 1. The van der Waals surface area contributed by atoms with E-state index in [9.17, 15) is 0 Å². The fraction of sp³-hybridized carbons (Fsp3) is 0.615. The number of nitrogens with zero attached hydrogens (tertiary/aromatic N) is 4. The fourth-order valence-corrected chi connectivity index (χ4v) is 2.28. The van der Waals surface area contributed by atoms with E-state index in [4.69, 9.17) is 14.7 Å². The highest BCUT2D eigenvalue weighted by Gasteiger charge is 2.27. The van der Waals surface area contributed by atoms with Gasteiger partial charge in [0.15, 0.2) is 11.3 Å². The third kappa shape index (κ3) is 2.91. The van der Waals surface area contributed by atoms with Gasteiger partial charge in [-0.2, -0.15) is 0 Å². The molecule has 2 N–H and O–H groups in total. The summed E-state index contributed by atoms with van der Waals surface area (Å²) in [6, 6.07) is 0. The average molecular weight is 293 g/mol. The Labute approximate surface area is 122 Å². The molecule has 0 radical (unpaired) electrons. The molecule has 2 aromatic rings. The van der Waals surface area contributed by atoms with Gasteiger partial charge in [0.1, 0.15) is 12.7 Å². The zero-order valence-electron chi connectivity index (χ0n) is 11.9. The van der Waals surface area contributed by atoms with Crippen molar-refractivity contribution in [3.63, 3.8) is 0 Å². The number of rotatable bonds is 6. The number of hydrogen-bond acceptors (Lipinski definition) is 7. The molecule has 0 amide bonds. The summed E-state index contributed by atoms with van der Waals surface area (Å²) in [5, 5.41) is 12.3. The Kier molecular flexibility index (Phi) is 4.16. The van der Waals surface area contributed by atoms with Crippen LogP contribution in [0, 0.1) is 0 Å². The van der Waals surface area contributed by atoms with Gasteiger partial charge in [0.25, 0.3) is 0 Å². The van der Waals surface area contributed by atoms with Gasteiger partial charge in [0, 0.05) is 13.0 Å². The number of aromatic nitrogens is 4. The van der Waals surface area contributed by atoms with E-state index in [0.29, 0.717) is 17.0 Å². The van der Waals surface area contributed by atoms with Crippen LogP contribution >= 0.6 is 0 Å². The molecule has 1 fully saturated rings. The highest BCUT2D eigenvalue weighted by Crippen LogP contribution is 2.21. The van der Waals surface area contributed by atoms with Crippen molar-refractivity contribution >= 4 is 17.0 Å². The third-order valence-corrected chi connectivity index (χ3v) is 3.35. The monoisotopic (exact) mass is 293 g/mol. The molecule has 0 unspecified atom stereocenters. The summed E-state index contributed by atoms with van der Waals surface area (Å²) in [6.45, 7) is 2.92. The minimum atomic E-state index is -0.387. The van der Waals surface area contributed by atoms with E-state index in [1.165, 1.54) is 11.1 Å². The first kappa shape index (κ1) is 14.0. The van der Waals surface area contributed by atoms with Crippen LogP contribution in [0.2, 0.25) is 0 Å². The van der Waals surface area contributed by atoms with Gasteiger partial charge in [0.05, 0.1) is 12.7 Å². The lowest BCUT2D eigenvalue weighted by Gasteiger charge is -2.14. The number of aliphatic hydroxyl groups is 1. The third-order valence-electron chi connectivity index (χ3n) is 3.35. The number of ether oxygens (including phenoxy) is 1. The molecule has 3 rings (SSSR count). The SMILES string of the molecule is CCCNc1ncnc2c1ncn2O[C@@H]1CC[C@@H](CO)O1. The number of fused-ring (bicyclic) bond motifs is 1. The van der Waals surface area contributed by atoms with Gasteiger partial charge in [-0.05, 0) is 12.8 Å². The summed E-state index contributed by atoms with van der Waals surface area (Å²) < 4.78 is 7.05. The smallest absolute Gasteiger partial charge is 0.225 e.